The van der Waals surface area contributed by atoms with Gasteiger partial charge in [-0.25, -0.2) is 26.0 Å². The average molecular weight is 664 g/mol. The van der Waals surface area contributed by atoms with Crippen molar-refractivity contribution in [1.29, 1.82) is 0 Å². The fourth-order valence-corrected chi connectivity index (χ4v) is 7.28. The minimum absolute atomic E-state index is 0. The predicted molar refractivity (Wildman–Crippen MR) is 163 cm³/mol. The molecule has 2 fully saturated rings. The number of pyridine rings is 1. The molecule has 2 aromatic carbocycles. The van der Waals surface area contributed by atoms with Crippen LogP contribution in [0, 0.1) is 29.2 Å². The van der Waals surface area contributed by atoms with E-state index < -0.39 is 61.6 Å². The Bertz CT molecular complexity index is 1570. The Labute approximate surface area is 260 Å². The second-order valence-corrected chi connectivity index (χ2v) is 13.2. The molecule has 234 valence electrons. The monoisotopic (exact) mass is 662 g/mol. The van der Waals surface area contributed by atoms with Crippen molar-refractivity contribution in [1.82, 2.24) is 4.98 Å². The van der Waals surface area contributed by atoms with Crippen LogP contribution in [-0.4, -0.2) is 49.9 Å². The van der Waals surface area contributed by atoms with Crippen molar-refractivity contribution in [2.24, 2.45) is 11.7 Å². The van der Waals surface area contributed by atoms with E-state index in [1.807, 2.05) is 4.90 Å². The number of benzene rings is 2. The fraction of sp³-hybridized carbons (Fsp3) is 0.379. The van der Waals surface area contributed by atoms with Crippen LogP contribution in [0.3, 0.4) is 0 Å². The predicted octanol–water partition coefficient (Wildman–Crippen LogP) is 5.87. The summed E-state index contributed by atoms with van der Waals surface area (Å²) in [4.78, 5) is 19.2. The summed E-state index contributed by atoms with van der Waals surface area (Å²) in [5.41, 5.74) is 4.73. The first-order valence-electron chi connectivity index (χ1n) is 13.4. The van der Waals surface area contributed by atoms with Crippen molar-refractivity contribution < 1.29 is 30.8 Å². The molecule has 14 heteroatoms. The number of hydrogen-bond donors (Lipinski definition) is 2. The van der Waals surface area contributed by atoms with E-state index in [0.717, 1.165) is 30.7 Å². The van der Waals surface area contributed by atoms with E-state index in [1.165, 1.54) is 6.20 Å². The molecular weight excluding hydrogens is 631 g/mol. The van der Waals surface area contributed by atoms with Crippen LogP contribution >= 0.6 is 24.8 Å². The molecule has 1 amide bonds. The van der Waals surface area contributed by atoms with Crippen molar-refractivity contribution in [2.75, 3.05) is 34.8 Å². The summed E-state index contributed by atoms with van der Waals surface area (Å²) in [5, 5.41) is 2.60. The maximum atomic E-state index is 15.7. The highest BCUT2D eigenvalue weighted by Crippen LogP contribution is 2.37. The van der Waals surface area contributed by atoms with Crippen molar-refractivity contribution in [3.8, 4) is 11.1 Å². The molecule has 0 spiro atoms. The van der Waals surface area contributed by atoms with Gasteiger partial charge < -0.3 is 16.0 Å². The fourth-order valence-electron chi connectivity index (χ4n) is 5.79. The summed E-state index contributed by atoms with van der Waals surface area (Å²) >= 11 is 0. The standard InChI is InChI=1S/C29H30F4N4O3S.2ClH/c1-16-10-19(34)15-37(14-16)25-4-7-35-13-24(25)36-29(38)20-2-3-21(30)27(28(20)33)26-22(31)11-18(12-23(26)32)17-5-8-41(39,40)9-6-17;;/h2-4,7,11-13,16-17,19H,5-6,8-10,14-15,34H2,1H3,(H,36,38);2*1H/t16-,19+;;/m1../s1. The Morgan fingerprint density at radius 3 is 2.26 bits per heavy atom. The SMILES string of the molecule is C[C@@H]1C[C@H](N)CN(c2ccncc2NC(=O)c2ccc(F)c(-c3c(F)cc(C4CCS(=O)(=O)CC4)cc3F)c2F)C1.Cl.Cl. The van der Waals surface area contributed by atoms with Crippen LogP contribution < -0.4 is 16.0 Å². The summed E-state index contributed by atoms with van der Waals surface area (Å²) in [7, 11) is -3.19. The normalized spacial score (nSPS) is 20.1. The van der Waals surface area contributed by atoms with Gasteiger partial charge in [0.25, 0.3) is 5.91 Å². The molecule has 3 N–H and O–H groups in total. The molecule has 2 atom stereocenters. The number of aromatic nitrogens is 1. The topological polar surface area (TPSA) is 105 Å². The van der Waals surface area contributed by atoms with Crippen LogP contribution in [0.15, 0.2) is 42.7 Å². The van der Waals surface area contributed by atoms with E-state index in [0.29, 0.717) is 24.7 Å². The van der Waals surface area contributed by atoms with Gasteiger partial charge in [0, 0.05) is 25.3 Å². The second-order valence-electron chi connectivity index (χ2n) is 10.9. The van der Waals surface area contributed by atoms with Gasteiger partial charge in [-0.3, -0.25) is 9.78 Å². The maximum Gasteiger partial charge on any atom is 0.258 e. The number of sulfone groups is 1. The van der Waals surface area contributed by atoms with Gasteiger partial charge in [-0.2, -0.15) is 0 Å². The molecule has 43 heavy (non-hydrogen) atoms. The van der Waals surface area contributed by atoms with E-state index in [9.17, 15) is 17.6 Å². The third-order valence-electron chi connectivity index (χ3n) is 7.76. The summed E-state index contributed by atoms with van der Waals surface area (Å²) in [6.07, 6.45) is 4.18. The largest absolute Gasteiger partial charge is 0.368 e. The van der Waals surface area contributed by atoms with Gasteiger partial charge in [0.2, 0.25) is 0 Å². The van der Waals surface area contributed by atoms with Crippen LogP contribution in [-0.2, 0) is 9.84 Å². The third kappa shape index (κ3) is 7.42. The Morgan fingerprint density at radius 1 is 0.977 bits per heavy atom. The quantitative estimate of drug-likeness (QED) is 0.331. The molecule has 3 heterocycles. The lowest BCUT2D eigenvalue weighted by molar-refractivity contribution is 0.102. The molecule has 1 aromatic heterocycles. The minimum Gasteiger partial charge on any atom is -0.368 e. The van der Waals surface area contributed by atoms with Crippen LogP contribution in [0.25, 0.3) is 11.1 Å². The van der Waals surface area contributed by atoms with E-state index in [-0.39, 0.29) is 66.5 Å². The first-order chi connectivity index (χ1) is 19.4. The molecule has 2 aliphatic rings. The van der Waals surface area contributed by atoms with Crippen molar-refractivity contribution >= 4 is 51.9 Å². The number of hydrogen-bond acceptors (Lipinski definition) is 6. The molecule has 0 radical (unpaired) electrons. The smallest absolute Gasteiger partial charge is 0.258 e. The number of nitrogens with two attached hydrogens (primary N) is 1. The molecule has 7 nitrogen and oxygen atoms in total. The molecule has 0 aliphatic carbocycles. The molecule has 3 aromatic rings. The van der Waals surface area contributed by atoms with Crippen LogP contribution in [0.1, 0.15) is 48.0 Å². The number of anilines is 2. The van der Waals surface area contributed by atoms with Gasteiger partial charge in [-0.1, -0.05) is 6.92 Å². The van der Waals surface area contributed by atoms with Gasteiger partial charge in [0.15, 0.2) is 0 Å². The number of carbonyl (C=O) groups excluding carboxylic acids is 1. The molecule has 0 bridgehead atoms. The molecule has 2 saturated heterocycles. The molecule has 5 rings (SSSR count). The third-order valence-corrected chi connectivity index (χ3v) is 9.47. The Hall–Kier alpha value is -2.93. The van der Waals surface area contributed by atoms with Gasteiger partial charge >= 0.3 is 0 Å². The lowest BCUT2D eigenvalue weighted by Crippen LogP contribution is -2.46. The second kappa shape index (κ2) is 13.8. The lowest BCUT2D eigenvalue weighted by Gasteiger charge is -2.37. The van der Waals surface area contributed by atoms with Crippen molar-refractivity contribution in [3.63, 3.8) is 0 Å². The highest BCUT2D eigenvalue weighted by molar-refractivity contribution is 7.91. The van der Waals surface area contributed by atoms with Crippen molar-refractivity contribution in [2.45, 2.75) is 38.1 Å². The van der Waals surface area contributed by atoms with E-state index >= 15 is 13.2 Å². The van der Waals surface area contributed by atoms with Crippen LogP contribution in [0.5, 0.6) is 0 Å². The van der Waals surface area contributed by atoms with Crippen LogP contribution in [0.2, 0.25) is 0 Å². The number of nitrogens with one attached hydrogen (secondary N) is 1. The number of rotatable bonds is 5. The van der Waals surface area contributed by atoms with Gasteiger partial charge in [0.05, 0.1) is 45.8 Å². The molecule has 0 saturated carbocycles. The van der Waals surface area contributed by atoms with Gasteiger partial charge in [0.1, 0.15) is 33.1 Å². The average Bonchev–Trinajstić information content (AvgIpc) is 2.89. The Balaban J connectivity index is 0.00000253. The zero-order valence-electron chi connectivity index (χ0n) is 23.2. The first kappa shape index (κ1) is 34.6. The number of piperidine rings is 1. The number of nitrogens with zero attached hydrogens (tertiary/aromatic N) is 2. The van der Waals surface area contributed by atoms with Gasteiger partial charge in [-0.15, -0.1) is 24.8 Å². The first-order valence-corrected chi connectivity index (χ1v) is 15.2. The zero-order chi connectivity index (χ0) is 29.5. The maximum absolute atomic E-state index is 15.7. The summed E-state index contributed by atoms with van der Waals surface area (Å²) in [6, 6.07) is 5.25. The van der Waals surface area contributed by atoms with E-state index in [4.69, 9.17) is 5.73 Å². The van der Waals surface area contributed by atoms with Gasteiger partial charge in [-0.05, 0) is 67.0 Å². The molecule has 0 unspecified atom stereocenters. The van der Waals surface area contributed by atoms with E-state index in [1.54, 1.807) is 12.3 Å². The Morgan fingerprint density at radius 2 is 1.63 bits per heavy atom. The van der Waals surface area contributed by atoms with E-state index in [2.05, 4.69) is 17.2 Å². The highest BCUT2D eigenvalue weighted by Gasteiger charge is 2.30. The zero-order valence-corrected chi connectivity index (χ0v) is 25.6. The van der Waals surface area contributed by atoms with Crippen LogP contribution in [0.4, 0.5) is 28.9 Å². The number of amides is 1. The minimum atomic E-state index is -3.19. The number of carbonyl (C=O) groups is 1. The lowest BCUT2D eigenvalue weighted by atomic mass is 9.90. The molecule has 2 aliphatic heterocycles. The summed E-state index contributed by atoms with van der Waals surface area (Å²) < 4.78 is 84.5. The summed E-state index contributed by atoms with van der Waals surface area (Å²) in [6.45, 7) is 3.28. The highest BCUT2D eigenvalue weighted by atomic mass is 35.5. The Kier molecular flexibility index (Phi) is 11.1. The van der Waals surface area contributed by atoms with Crippen molar-refractivity contribution in [3.05, 3.63) is 77.1 Å². The molecular formula is C29H32Cl2F4N4O3S. The number of halogens is 6. The summed E-state index contributed by atoms with van der Waals surface area (Å²) in [5.74, 6) is -6.36.